The van der Waals surface area contributed by atoms with Crippen LogP contribution in [-0.2, 0) is 0 Å². The third-order valence-electron chi connectivity index (χ3n) is 2.99. The Labute approximate surface area is 99.5 Å². The second kappa shape index (κ2) is 7.39. The van der Waals surface area contributed by atoms with Gasteiger partial charge in [0.1, 0.15) is 0 Å². The van der Waals surface area contributed by atoms with E-state index in [1.165, 1.54) is 36.8 Å². The third-order valence-corrected chi connectivity index (χ3v) is 2.99. The van der Waals surface area contributed by atoms with Gasteiger partial charge in [-0.25, -0.2) is 0 Å². The fraction of sp³-hybridized carbons (Fsp3) is 0.643. The molecule has 0 aliphatic heterocycles. The number of unbranched alkanes of at least 4 members (excludes halogenated alkanes) is 2. The van der Waals surface area contributed by atoms with Crippen LogP contribution in [0.5, 0.6) is 0 Å². The number of nitrogens with zero attached hydrogens (tertiary/aromatic N) is 1. The van der Waals surface area contributed by atoms with Crippen molar-refractivity contribution in [3.63, 3.8) is 0 Å². The van der Waals surface area contributed by atoms with Crippen molar-refractivity contribution in [2.24, 2.45) is 0 Å². The lowest BCUT2D eigenvalue weighted by Gasteiger charge is -2.19. The highest BCUT2D eigenvalue weighted by Gasteiger charge is 2.11. The maximum Gasteiger partial charge on any atom is 0.0323 e. The highest BCUT2D eigenvalue weighted by Crippen LogP contribution is 2.22. The van der Waals surface area contributed by atoms with E-state index in [1.54, 1.807) is 0 Å². The molecule has 2 heteroatoms. The molecule has 0 aromatic carbocycles. The Hall–Kier alpha value is -0.890. The molecular formula is C14H24N2. The zero-order valence-electron chi connectivity index (χ0n) is 10.8. The van der Waals surface area contributed by atoms with E-state index in [0.29, 0.717) is 6.04 Å². The van der Waals surface area contributed by atoms with Gasteiger partial charge in [0.25, 0.3) is 0 Å². The van der Waals surface area contributed by atoms with Crippen LogP contribution in [0.15, 0.2) is 18.5 Å². The van der Waals surface area contributed by atoms with Gasteiger partial charge in [0.05, 0.1) is 0 Å². The molecule has 1 heterocycles. The van der Waals surface area contributed by atoms with Crippen LogP contribution in [0.4, 0.5) is 0 Å². The molecule has 0 saturated heterocycles. The Bertz CT molecular complexity index is 297. The van der Waals surface area contributed by atoms with Gasteiger partial charge in [-0.2, -0.15) is 0 Å². The summed E-state index contributed by atoms with van der Waals surface area (Å²) >= 11 is 0. The maximum atomic E-state index is 4.16. The van der Waals surface area contributed by atoms with Gasteiger partial charge >= 0.3 is 0 Å². The number of hydrogen-bond donors (Lipinski definition) is 1. The van der Waals surface area contributed by atoms with Crippen LogP contribution in [0.2, 0.25) is 0 Å². The van der Waals surface area contributed by atoms with Crippen LogP contribution in [0.25, 0.3) is 0 Å². The first kappa shape index (κ1) is 13.2. The molecular weight excluding hydrogens is 196 g/mol. The Morgan fingerprint density at radius 2 is 2.12 bits per heavy atom. The Kier molecular flexibility index (Phi) is 6.09. The smallest absolute Gasteiger partial charge is 0.0323 e. The highest BCUT2D eigenvalue weighted by atomic mass is 14.9. The Morgan fingerprint density at radius 3 is 2.75 bits per heavy atom. The summed E-state index contributed by atoms with van der Waals surface area (Å²) in [5.74, 6) is 0. The number of pyridine rings is 1. The molecule has 1 rings (SSSR count). The summed E-state index contributed by atoms with van der Waals surface area (Å²) in [5.41, 5.74) is 2.71. The largest absolute Gasteiger partial charge is 0.310 e. The lowest BCUT2D eigenvalue weighted by molar-refractivity contribution is 0.484. The Morgan fingerprint density at radius 1 is 1.31 bits per heavy atom. The number of rotatable bonds is 7. The van der Waals surface area contributed by atoms with Gasteiger partial charge in [-0.3, -0.25) is 4.98 Å². The molecule has 1 aromatic heterocycles. The lowest BCUT2D eigenvalue weighted by atomic mass is 9.98. The molecule has 0 fully saturated rings. The van der Waals surface area contributed by atoms with Gasteiger partial charge in [-0.15, -0.1) is 0 Å². The van der Waals surface area contributed by atoms with E-state index in [2.05, 4.69) is 37.1 Å². The van der Waals surface area contributed by atoms with Crippen LogP contribution in [0.1, 0.15) is 56.7 Å². The minimum absolute atomic E-state index is 0.500. The molecule has 0 amide bonds. The summed E-state index contributed by atoms with van der Waals surface area (Å²) < 4.78 is 0. The van der Waals surface area contributed by atoms with Crippen LogP contribution in [0, 0.1) is 6.92 Å². The maximum absolute atomic E-state index is 4.16. The zero-order valence-corrected chi connectivity index (χ0v) is 10.8. The van der Waals surface area contributed by atoms with Gasteiger partial charge in [0.2, 0.25) is 0 Å². The first-order valence-corrected chi connectivity index (χ1v) is 6.43. The van der Waals surface area contributed by atoms with Gasteiger partial charge in [-0.05, 0) is 37.1 Å². The molecule has 0 aliphatic carbocycles. The van der Waals surface area contributed by atoms with E-state index >= 15 is 0 Å². The van der Waals surface area contributed by atoms with E-state index in [-0.39, 0.29) is 0 Å². The number of aromatic nitrogens is 1. The predicted octanol–water partition coefficient (Wildman–Crippen LogP) is 3.62. The number of hydrogen-bond acceptors (Lipinski definition) is 2. The first-order valence-electron chi connectivity index (χ1n) is 6.43. The van der Waals surface area contributed by atoms with Gasteiger partial charge < -0.3 is 5.32 Å². The topological polar surface area (TPSA) is 24.9 Å². The van der Waals surface area contributed by atoms with Crippen molar-refractivity contribution < 1.29 is 0 Å². The van der Waals surface area contributed by atoms with Gasteiger partial charge in [0.15, 0.2) is 0 Å². The molecule has 1 atom stereocenters. The molecule has 0 aliphatic rings. The summed E-state index contributed by atoms with van der Waals surface area (Å²) in [6.45, 7) is 7.59. The van der Waals surface area contributed by atoms with Crippen molar-refractivity contribution in [1.82, 2.24) is 10.3 Å². The summed E-state index contributed by atoms with van der Waals surface area (Å²) in [6, 6.07) is 2.65. The second-order valence-corrected chi connectivity index (χ2v) is 4.34. The molecule has 1 aromatic rings. The van der Waals surface area contributed by atoms with Crippen LogP contribution >= 0.6 is 0 Å². The molecule has 2 nitrogen and oxygen atoms in total. The van der Waals surface area contributed by atoms with E-state index in [4.69, 9.17) is 0 Å². The monoisotopic (exact) mass is 220 g/mol. The lowest BCUT2D eigenvalue weighted by Crippen LogP contribution is -2.21. The van der Waals surface area contributed by atoms with Crippen molar-refractivity contribution in [3.8, 4) is 0 Å². The van der Waals surface area contributed by atoms with Crippen LogP contribution in [0.3, 0.4) is 0 Å². The molecule has 0 saturated carbocycles. The van der Waals surface area contributed by atoms with Crippen molar-refractivity contribution in [2.45, 2.75) is 52.5 Å². The average Bonchev–Trinajstić information content (AvgIpc) is 2.29. The standard InChI is InChI=1S/C14H24N2/c1-4-6-7-8-14(16-5-2)13-9-10-15-11-12(13)3/h9-11,14,16H,4-8H2,1-3H3. The van der Waals surface area contributed by atoms with E-state index in [1.807, 2.05) is 12.4 Å². The summed E-state index contributed by atoms with van der Waals surface area (Å²) in [5, 5.41) is 3.57. The molecule has 16 heavy (non-hydrogen) atoms. The Balaban J connectivity index is 2.65. The minimum Gasteiger partial charge on any atom is -0.310 e. The molecule has 0 radical (unpaired) electrons. The summed E-state index contributed by atoms with van der Waals surface area (Å²) in [6.07, 6.45) is 8.99. The molecule has 1 N–H and O–H groups in total. The zero-order chi connectivity index (χ0) is 11.8. The molecule has 90 valence electrons. The fourth-order valence-electron chi connectivity index (χ4n) is 2.09. The SMILES string of the molecule is CCCCCC(NCC)c1ccncc1C. The van der Waals surface area contributed by atoms with Crippen molar-refractivity contribution in [3.05, 3.63) is 29.6 Å². The minimum atomic E-state index is 0.500. The van der Waals surface area contributed by atoms with Crippen molar-refractivity contribution in [2.75, 3.05) is 6.54 Å². The highest BCUT2D eigenvalue weighted by molar-refractivity contribution is 5.25. The third kappa shape index (κ3) is 3.93. The summed E-state index contributed by atoms with van der Waals surface area (Å²) in [7, 11) is 0. The average molecular weight is 220 g/mol. The first-order chi connectivity index (χ1) is 7.79. The fourth-order valence-corrected chi connectivity index (χ4v) is 2.09. The normalized spacial score (nSPS) is 12.7. The number of nitrogens with one attached hydrogen (secondary N) is 1. The van der Waals surface area contributed by atoms with E-state index < -0.39 is 0 Å². The van der Waals surface area contributed by atoms with Crippen LogP contribution < -0.4 is 5.32 Å². The quantitative estimate of drug-likeness (QED) is 0.710. The van der Waals surface area contributed by atoms with Gasteiger partial charge in [-0.1, -0.05) is 33.1 Å². The second-order valence-electron chi connectivity index (χ2n) is 4.34. The summed E-state index contributed by atoms with van der Waals surface area (Å²) in [4.78, 5) is 4.16. The molecule has 0 spiro atoms. The number of aryl methyl sites for hydroxylation is 1. The molecule has 1 unspecified atom stereocenters. The van der Waals surface area contributed by atoms with Gasteiger partial charge in [0, 0.05) is 18.4 Å². The van der Waals surface area contributed by atoms with Crippen molar-refractivity contribution in [1.29, 1.82) is 0 Å². The predicted molar refractivity (Wildman–Crippen MR) is 69.5 cm³/mol. The van der Waals surface area contributed by atoms with E-state index in [9.17, 15) is 0 Å². The van der Waals surface area contributed by atoms with E-state index in [0.717, 1.165) is 6.54 Å². The van der Waals surface area contributed by atoms with Crippen LogP contribution in [-0.4, -0.2) is 11.5 Å². The molecule has 0 bridgehead atoms. The van der Waals surface area contributed by atoms with Crippen molar-refractivity contribution >= 4 is 0 Å².